The number of nitrogens with zero attached hydrogens (tertiary/aromatic N) is 3. The molecule has 0 bridgehead atoms. The summed E-state index contributed by atoms with van der Waals surface area (Å²) in [6, 6.07) is 8.94. The molecule has 2 rings (SSSR count). The number of benzene rings is 1. The Morgan fingerprint density at radius 3 is 2.50 bits per heavy atom. The second kappa shape index (κ2) is 10.5. The van der Waals surface area contributed by atoms with Crippen molar-refractivity contribution in [3.05, 3.63) is 41.0 Å². The van der Waals surface area contributed by atoms with Gasteiger partial charge in [-0.05, 0) is 25.5 Å². The van der Waals surface area contributed by atoms with Crippen LogP contribution in [-0.4, -0.2) is 46.3 Å². The van der Waals surface area contributed by atoms with Crippen LogP contribution in [0.4, 0.5) is 10.6 Å². The predicted octanol–water partition coefficient (Wildman–Crippen LogP) is 4.59. The minimum Gasteiger partial charge on any atom is -0.338 e. The number of carbonyl (C=O) groups excluding carboxylic acids is 2. The minimum absolute atomic E-state index is 0.0486. The van der Waals surface area contributed by atoms with Gasteiger partial charge in [-0.15, -0.1) is 0 Å². The summed E-state index contributed by atoms with van der Waals surface area (Å²) in [6.45, 7) is 11.0. The Morgan fingerprint density at radius 2 is 1.90 bits per heavy atom. The zero-order chi connectivity index (χ0) is 22.3. The smallest absolute Gasteiger partial charge is 0.317 e. The molecule has 0 fully saturated rings. The molecule has 2 N–H and O–H groups in total. The van der Waals surface area contributed by atoms with Gasteiger partial charge in [0.15, 0.2) is 0 Å². The minimum atomic E-state index is -0.295. The molecule has 8 heteroatoms. The fourth-order valence-corrected chi connectivity index (χ4v) is 3.03. The lowest BCUT2D eigenvalue weighted by molar-refractivity contribution is -0.116. The number of halogens is 1. The Balaban J connectivity index is 2.22. The summed E-state index contributed by atoms with van der Waals surface area (Å²) in [7, 11) is 0. The lowest BCUT2D eigenvalue weighted by Gasteiger charge is -2.21. The van der Waals surface area contributed by atoms with Crippen LogP contribution in [0, 0.1) is 0 Å². The number of aromatic nitrogens is 2. The summed E-state index contributed by atoms with van der Waals surface area (Å²) in [5.74, 6) is 0.219. The first-order valence-corrected chi connectivity index (χ1v) is 10.7. The van der Waals surface area contributed by atoms with E-state index in [2.05, 4.69) is 43.4 Å². The van der Waals surface area contributed by atoms with E-state index in [0.29, 0.717) is 29.6 Å². The van der Waals surface area contributed by atoms with Crippen molar-refractivity contribution >= 4 is 29.4 Å². The van der Waals surface area contributed by atoms with Crippen molar-refractivity contribution in [3.8, 4) is 5.69 Å². The van der Waals surface area contributed by atoms with Gasteiger partial charge in [0.1, 0.15) is 12.4 Å². The van der Waals surface area contributed by atoms with Crippen molar-refractivity contribution in [1.29, 1.82) is 0 Å². The Bertz CT molecular complexity index is 873. The van der Waals surface area contributed by atoms with Gasteiger partial charge in [0.05, 0.1) is 16.4 Å². The normalized spacial score (nSPS) is 11.3. The molecule has 0 aliphatic heterocycles. The van der Waals surface area contributed by atoms with Crippen LogP contribution in [0.2, 0.25) is 5.02 Å². The summed E-state index contributed by atoms with van der Waals surface area (Å²) >= 11 is 6.36. The monoisotopic (exact) mass is 433 g/mol. The van der Waals surface area contributed by atoms with Crippen LogP contribution >= 0.6 is 11.6 Å². The topological polar surface area (TPSA) is 79.3 Å². The third-order valence-corrected chi connectivity index (χ3v) is 4.96. The number of hydrogen-bond donors (Lipinski definition) is 2. The maximum absolute atomic E-state index is 12.7. The fraction of sp³-hybridized carbons (Fsp3) is 0.500. The van der Waals surface area contributed by atoms with E-state index >= 15 is 0 Å². The molecule has 0 radical (unpaired) electrons. The van der Waals surface area contributed by atoms with Crippen molar-refractivity contribution in [3.63, 3.8) is 0 Å². The fourth-order valence-electron chi connectivity index (χ4n) is 2.81. The average molecular weight is 434 g/mol. The van der Waals surface area contributed by atoms with Gasteiger partial charge in [0.2, 0.25) is 5.91 Å². The zero-order valence-electron chi connectivity index (χ0n) is 18.5. The van der Waals surface area contributed by atoms with E-state index < -0.39 is 0 Å². The highest BCUT2D eigenvalue weighted by atomic mass is 35.5. The highest BCUT2D eigenvalue weighted by molar-refractivity contribution is 6.32. The zero-order valence-corrected chi connectivity index (χ0v) is 19.2. The van der Waals surface area contributed by atoms with E-state index in [0.717, 1.165) is 18.5 Å². The molecule has 0 unspecified atom stereocenters. The Morgan fingerprint density at radius 1 is 1.20 bits per heavy atom. The van der Waals surface area contributed by atoms with E-state index in [1.54, 1.807) is 10.7 Å². The Hall–Kier alpha value is -2.54. The number of hydrogen-bond acceptors (Lipinski definition) is 3. The molecule has 7 nitrogen and oxygen atoms in total. The van der Waals surface area contributed by atoms with E-state index in [1.165, 1.54) is 4.90 Å². The van der Waals surface area contributed by atoms with Crippen molar-refractivity contribution in [2.24, 2.45) is 0 Å². The SMILES string of the molecule is CCCCNC(=O)N(CC)CC(=O)Nc1cc(C(C)(C)C)nn1-c1ccccc1Cl. The van der Waals surface area contributed by atoms with Crippen LogP contribution in [0.5, 0.6) is 0 Å². The summed E-state index contributed by atoms with van der Waals surface area (Å²) < 4.78 is 1.64. The van der Waals surface area contributed by atoms with E-state index in [4.69, 9.17) is 11.6 Å². The van der Waals surface area contributed by atoms with Gasteiger partial charge in [-0.25, -0.2) is 9.48 Å². The summed E-state index contributed by atoms with van der Waals surface area (Å²) in [5.41, 5.74) is 1.29. The van der Waals surface area contributed by atoms with Crippen molar-refractivity contribution in [2.45, 2.75) is 52.9 Å². The van der Waals surface area contributed by atoms with Crippen LogP contribution in [-0.2, 0) is 10.2 Å². The molecule has 2 aromatic rings. The molecule has 1 aromatic carbocycles. The van der Waals surface area contributed by atoms with Crippen molar-refractivity contribution < 1.29 is 9.59 Å². The third kappa shape index (κ3) is 6.23. The van der Waals surface area contributed by atoms with Crippen LogP contribution in [0.3, 0.4) is 0 Å². The number of urea groups is 1. The van der Waals surface area contributed by atoms with Crippen molar-refractivity contribution in [1.82, 2.24) is 20.0 Å². The highest BCUT2D eigenvalue weighted by Crippen LogP contribution is 2.29. The number of para-hydroxylation sites is 1. The van der Waals surface area contributed by atoms with Gasteiger partial charge in [-0.3, -0.25) is 4.79 Å². The number of likely N-dealkylation sites (N-methyl/N-ethyl adjacent to an activating group) is 1. The van der Waals surface area contributed by atoms with E-state index in [1.807, 2.05) is 31.2 Å². The molecule has 0 spiro atoms. The lowest BCUT2D eigenvalue weighted by Crippen LogP contribution is -2.44. The summed E-state index contributed by atoms with van der Waals surface area (Å²) in [4.78, 5) is 26.5. The van der Waals surface area contributed by atoms with Gasteiger partial charge in [-0.2, -0.15) is 5.10 Å². The lowest BCUT2D eigenvalue weighted by atomic mass is 9.92. The molecule has 0 saturated carbocycles. The first-order valence-electron chi connectivity index (χ1n) is 10.4. The standard InChI is InChI=1S/C22H32ClN5O2/c1-6-8-13-24-21(30)27(7-2)15-20(29)25-19-14-18(22(3,4)5)26-28(19)17-12-10-9-11-16(17)23/h9-12,14H,6-8,13,15H2,1-5H3,(H,24,30)(H,25,29). The van der Waals surface area contributed by atoms with Gasteiger partial charge < -0.3 is 15.5 Å². The molecule has 0 saturated heterocycles. The number of unbranched alkanes of at least 4 members (excludes halogenated alkanes) is 1. The molecule has 0 aliphatic carbocycles. The average Bonchev–Trinajstić information content (AvgIpc) is 3.10. The highest BCUT2D eigenvalue weighted by Gasteiger charge is 2.23. The molecule has 1 heterocycles. The van der Waals surface area contributed by atoms with Gasteiger partial charge >= 0.3 is 6.03 Å². The van der Waals surface area contributed by atoms with Crippen molar-refractivity contribution in [2.75, 3.05) is 25.0 Å². The number of carbonyl (C=O) groups is 2. The maximum Gasteiger partial charge on any atom is 0.317 e. The van der Waals surface area contributed by atoms with Crippen LogP contribution in [0.1, 0.15) is 53.2 Å². The molecular formula is C22H32ClN5O2. The molecule has 30 heavy (non-hydrogen) atoms. The molecule has 164 valence electrons. The molecule has 0 aliphatic rings. The molecule has 3 amide bonds. The number of rotatable bonds is 8. The van der Waals surface area contributed by atoms with E-state index in [-0.39, 0.29) is 23.9 Å². The Labute approximate surface area is 183 Å². The third-order valence-electron chi connectivity index (χ3n) is 4.64. The predicted molar refractivity (Wildman–Crippen MR) is 121 cm³/mol. The Kier molecular flexibility index (Phi) is 8.29. The summed E-state index contributed by atoms with van der Waals surface area (Å²) in [5, 5.41) is 10.9. The van der Waals surface area contributed by atoms with Gasteiger partial charge in [0.25, 0.3) is 0 Å². The largest absolute Gasteiger partial charge is 0.338 e. The number of anilines is 1. The van der Waals surface area contributed by atoms with Crippen LogP contribution in [0.25, 0.3) is 5.69 Å². The summed E-state index contributed by atoms with van der Waals surface area (Å²) in [6.07, 6.45) is 1.90. The first-order chi connectivity index (χ1) is 14.2. The van der Waals surface area contributed by atoms with E-state index in [9.17, 15) is 9.59 Å². The molecule has 1 aromatic heterocycles. The number of amides is 3. The van der Waals surface area contributed by atoms with Gasteiger partial charge in [-0.1, -0.05) is 57.8 Å². The quantitative estimate of drug-likeness (QED) is 0.597. The van der Waals surface area contributed by atoms with Gasteiger partial charge in [0, 0.05) is 24.6 Å². The van der Waals surface area contributed by atoms with Crippen LogP contribution in [0.15, 0.2) is 30.3 Å². The second-order valence-electron chi connectivity index (χ2n) is 8.18. The first kappa shape index (κ1) is 23.7. The molecular weight excluding hydrogens is 402 g/mol. The second-order valence-corrected chi connectivity index (χ2v) is 8.58. The molecule has 0 atom stereocenters. The van der Waals surface area contributed by atoms with Crippen LogP contribution < -0.4 is 10.6 Å². The maximum atomic E-state index is 12.7. The number of nitrogens with one attached hydrogen (secondary N) is 2.